The van der Waals surface area contributed by atoms with E-state index < -0.39 is 5.97 Å². The lowest BCUT2D eigenvalue weighted by Gasteiger charge is -2.09. The minimum Gasteiger partial charge on any atom is -0.465 e. The molecule has 1 N–H and O–H groups in total. The number of rotatable bonds is 4. The predicted octanol–water partition coefficient (Wildman–Crippen LogP) is 2.38. The molecule has 0 unspecified atom stereocenters. The van der Waals surface area contributed by atoms with Gasteiger partial charge in [0.05, 0.1) is 24.8 Å². The number of amides is 1. The summed E-state index contributed by atoms with van der Waals surface area (Å²) in [5, 5.41) is 2.73. The zero-order chi connectivity index (χ0) is 16.2. The molecule has 0 spiro atoms. The van der Waals surface area contributed by atoms with Gasteiger partial charge in [0.2, 0.25) is 12.7 Å². The molecule has 1 heterocycles. The van der Waals surface area contributed by atoms with Gasteiger partial charge < -0.3 is 19.5 Å². The third-order valence-electron chi connectivity index (χ3n) is 3.41. The van der Waals surface area contributed by atoms with Crippen molar-refractivity contribution >= 4 is 17.6 Å². The summed E-state index contributed by atoms with van der Waals surface area (Å²) in [6.07, 6.45) is 0.159. The largest absolute Gasteiger partial charge is 0.465 e. The van der Waals surface area contributed by atoms with Gasteiger partial charge >= 0.3 is 5.97 Å². The molecule has 2 aromatic carbocycles. The number of hydrogen-bond donors (Lipinski definition) is 1. The molecule has 0 atom stereocenters. The quantitative estimate of drug-likeness (QED) is 0.877. The molecule has 1 amide bonds. The van der Waals surface area contributed by atoms with Crippen molar-refractivity contribution in [2.24, 2.45) is 0 Å². The molecule has 0 aliphatic carbocycles. The number of carbonyl (C=O) groups excluding carboxylic acids is 2. The molecule has 0 fully saturated rings. The van der Waals surface area contributed by atoms with Crippen LogP contribution in [0.1, 0.15) is 15.9 Å². The first-order valence-electron chi connectivity index (χ1n) is 7.03. The van der Waals surface area contributed by atoms with Gasteiger partial charge in [0.15, 0.2) is 11.5 Å². The summed E-state index contributed by atoms with van der Waals surface area (Å²) in [6, 6.07) is 12.1. The van der Waals surface area contributed by atoms with Crippen molar-refractivity contribution in [3.63, 3.8) is 0 Å². The summed E-state index contributed by atoms with van der Waals surface area (Å²) in [5.74, 6) is 0.569. The van der Waals surface area contributed by atoms with Crippen LogP contribution in [0, 0.1) is 0 Å². The van der Waals surface area contributed by atoms with Gasteiger partial charge in [-0.2, -0.15) is 0 Å². The smallest absolute Gasteiger partial charge is 0.339 e. The number of fused-ring (bicyclic) bond motifs is 1. The van der Waals surface area contributed by atoms with E-state index in [9.17, 15) is 9.59 Å². The van der Waals surface area contributed by atoms with Gasteiger partial charge in [-0.1, -0.05) is 18.2 Å². The summed E-state index contributed by atoms with van der Waals surface area (Å²) in [5.41, 5.74) is 1.53. The van der Waals surface area contributed by atoms with Gasteiger partial charge in [0.25, 0.3) is 0 Å². The summed E-state index contributed by atoms with van der Waals surface area (Å²) in [7, 11) is 1.30. The van der Waals surface area contributed by atoms with E-state index in [1.165, 1.54) is 7.11 Å². The topological polar surface area (TPSA) is 73.9 Å². The van der Waals surface area contributed by atoms with Crippen molar-refractivity contribution in [3.8, 4) is 11.5 Å². The lowest BCUT2D eigenvalue weighted by molar-refractivity contribution is -0.115. The lowest BCUT2D eigenvalue weighted by atomic mass is 10.1. The monoisotopic (exact) mass is 313 g/mol. The first-order chi connectivity index (χ1) is 11.2. The summed E-state index contributed by atoms with van der Waals surface area (Å²) in [6.45, 7) is 0.192. The number of benzene rings is 2. The Labute approximate surface area is 133 Å². The number of nitrogens with one attached hydrogen (secondary N) is 1. The summed E-state index contributed by atoms with van der Waals surface area (Å²) >= 11 is 0. The van der Waals surface area contributed by atoms with Gasteiger partial charge in [-0.3, -0.25) is 4.79 Å². The fraction of sp³-hybridized carbons (Fsp3) is 0.176. The zero-order valence-corrected chi connectivity index (χ0v) is 12.5. The molecule has 0 bridgehead atoms. The molecule has 6 nitrogen and oxygen atoms in total. The van der Waals surface area contributed by atoms with Crippen LogP contribution in [-0.4, -0.2) is 25.8 Å². The van der Waals surface area contributed by atoms with Crippen LogP contribution in [0.2, 0.25) is 0 Å². The number of carbonyl (C=O) groups is 2. The van der Waals surface area contributed by atoms with E-state index >= 15 is 0 Å². The molecule has 3 rings (SSSR count). The number of methoxy groups -OCH3 is 1. The van der Waals surface area contributed by atoms with E-state index in [-0.39, 0.29) is 19.1 Å². The molecular weight excluding hydrogens is 298 g/mol. The van der Waals surface area contributed by atoms with E-state index in [2.05, 4.69) is 5.32 Å². The Morgan fingerprint density at radius 1 is 1.13 bits per heavy atom. The third kappa shape index (κ3) is 3.26. The molecule has 0 saturated heterocycles. The van der Waals surface area contributed by atoms with Gasteiger partial charge in [-0.25, -0.2) is 4.79 Å². The predicted molar refractivity (Wildman–Crippen MR) is 82.7 cm³/mol. The fourth-order valence-electron chi connectivity index (χ4n) is 2.31. The van der Waals surface area contributed by atoms with Gasteiger partial charge in [0, 0.05) is 0 Å². The highest BCUT2D eigenvalue weighted by Gasteiger charge is 2.16. The van der Waals surface area contributed by atoms with Crippen molar-refractivity contribution in [1.29, 1.82) is 0 Å². The van der Waals surface area contributed by atoms with Crippen molar-refractivity contribution in [3.05, 3.63) is 53.6 Å². The van der Waals surface area contributed by atoms with Crippen LogP contribution in [0.15, 0.2) is 42.5 Å². The van der Waals surface area contributed by atoms with Crippen molar-refractivity contribution in [2.75, 3.05) is 19.2 Å². The molecule has 1 aliphatic heterocycles. The number of hydrogen-bond acceptors (Lipinski definition) is 5. The average Bonchev–Trinajstić information content (AvgIpc) is 3.02. The van der Waals surface area contributed by atoms with E-state index in [4.69, 9.17) is 14.2 Å². The number of anilines is 1. The highest BCUT2D eigenvalue weighted by Crippen LogP contribution is 2.32. The molecule has 0 radical (unpaired) electrons. The molecule has 23 heavy (non-hydrogen) atoms. The second kappa shape index (κ2) is 6.39. The SMILES string of the molecule is COC(=O)c1ccccc1NC(=O)Cc1ccc2c(c1)OCO2. The molecular formula is C17H15NO5. The minimum atomic E-state index is -0.496. The summed E-state index contributed by atoms with van der Waals surface area (Å²) in [4.78, 5) is 23.9. The van der Waals surface area contributed by atoms with E-state index in [1.54, 1.807) is 42.5 Å². The maximum atomic E-state index is 12.2. The Hall–Kier alpha value is -3.02. The van der Waals surface area contributed by atoms with Gasteiger partial charge in [-0.15, -0.1) is 0 Å². The van der Waals surface area contributed by atoms with Crippen LogP contribution in [0.25, 0.3) is 0 Å². The average molecular weight is 313 g/mol. The number of ether oxygens (including phenoxy) is 3. The van der Waals surface area contributed by atoms with Crippen LogP contribution in [-0.2, 0) is 16.0 Å². The molecule has 6 heteroatoms. The van der Waals surface area contributed by atoms with Crippen LogP contribution in [0.5, 0.6) is 11.5 Å². The maximum absolute atomic E-state index is 12.2. The van der Waals surface area contributed by atoms with E-state index in [1.807, 2.05) is 0 Å². The maximum Gasteiger partial charge on any atom is 0.339 e. The van der Waals surface area contributed by atoms with Gasteiger partial charge in [-0.05, 0) is 29.8 Å². The highest BCUT2D eigenvalue weighted by atomic mass is 16.7. The van der Waals surface area contributed by atoms with Crippen molar-refractivity contribution < 1.29 is 23.8 Å². The third-order valence-corrected chi connectivity index (χ3v) is 3.41. The molecule has 118 valence electrons. The van der Waals surface area contributed by atoms with Crippen LogP contribution in [0.4, 0.5) is 5.69 Å². The van der Waals surface area contributed by atoms with E-state index in [0.29, 0.717) is 22.7 Å². The van der Waals surface area contributed by atoms with Crippen LogP contribution in [0.3, 0.4) is 0 Å². The molecule has 2 aromatic rings. The highest BCUT2D eigenvalue weighted by molar-refractivity contribution is 6.01. The standard InChI is InChI=1S/C17H15NO5/c1-21-17(20)12-4-2-3-5-13(12)18-16(19)9-11-6-7-14-15(8-11)23-10-22-14/h2-8H,9-10H2,1H3,(H,18,19). The molecule has 1 aliphatic rings. The lowest BCUT2D eigenvalue weighted by Crippen LogP contribution is -2.17. The van der Waals surface area contributed by atoms with Crippen molar-refractivity contribution in [1.82, 2.24) is 0 Å². The van der Waals surface area contributed by atoms with Crippen LogP contribution < -0.4 is 14.8 Å². The van der Waals surface area contributed by atoms with Crippen molar-refractivity contribution in [2.45, 2.75) is 6.42 Å². The number of para-hydroxylation sites is 1. The Kier molecular flexibility index (Phi) is 4.14. The Bertz CT molecular complexity index is 756. The first-order valence-corrected chi connectivity index (χ1v) is 7.03. The second-order valence-corrected chi connectivity index (χ2v) is 4.95. The molecule has 0 saturated carbocycles. The normalized spacial score (nSPS) is 11.9. The Balaban J connectivity index is 1.72. The zero-order valence-electron chi connectivity index (χ0n) is 12.5. The Morgan fingerprint density at radius 2 is 1.91 bits per heavy atom. The second-order valence-electron chi connectivity index (χ2n) is 4.95. The van der Waals surface area contributed by atoms with E-state index in [0.717, 1.165) is 5.56 Å². The molecule has 0 aromatic heterocycles. The minimum absolute atomic E-state index is 0.159. The van der Waals surface area contributed by atoms with Gasteiger partial charge in [0.1, 0.15) is 0 Å². The summed E-state index contributed by atoms with van der Waals surface area (Å²) < 4.78 is 15.2. The first kappa shape index (κ1) is 14.9. The van der Waals surface area contributed by atoms with Crippen LogP contribution >= 0.6 is 0 Å². The Morgan fingerprint density at radius 3 is 2.74 bits per heavy atom. The number of esters is 1. The fourth-order valence-corrected chi connectivity index (χ4v) is 2.31.